The molecule has 3 rings (SSSR count). The largest absolute Gasteiger partial charge is 0.378 e. The Bertz CT molecular complexity index is 540. The van der Waals surface area contributed by atoms with E-state index in [1.165, 1.54) is 19.3 Å². The Labute approximate surface area is 160 Å². The Morgan fingerprint density at radius 3 is 2.67 bits per heavy atom. The first-order valence-corrected chi connectivity index (χ1v) is 10.3. The van der Waals surface area contributed by atoms with Crippen LogP contribution in [0.2, 0.25) is 0 Å². The van der Waals surface area contributed by atoms with E-state index in [1.54, 1.807) is 6.92 Å². The first kappa shape index (κ1) is 20.4. The minimum atomic E-state index is -0.599. The molecule has 0 bridgehead atoms. The van der Waals surface area contributed by atoms with E-state index in [9.17, 15) is 14.4 Å². The van der Waals surface area contributed by atoms with Crippen LogP contribution in [0.4, 0.5) is 0 Å². The number of amides is 1. The summed E-state index contributed by atoms with van der Waals surface area (Å²) in [5, 5.41) is 6.03. The van der Waals surface area contributed by atoms with Crippen LogP contribution in [0.3, 0.4) is 0 Å². The van der Waals surface area contributed by atoms with Gasteiger partial charge in [-0.2, -0.15) is 0 Å². The van der Waals surface area contributed by atoms with Crippen LogP contribution >= 0.6 is 0 Å². The second-order valence-electron chi connectivity index (χ2n) is 8.16. The van der Waals surface area contributed by atoms with Gasteiger partial charge in [-0.1, -0.05) is 32.1 Å². The maximum atomic E-state index is 13.0. The Hall–Kier alpha value is -1.31. The van der Waals surface area contributed by atoms with Gasteiger partial charge in [0.15, 0.2) is 11.6 Å². The molecule has 0 aromatic carbocycles. The summed E-state index contributed by atoms with van der Waals surface area (Å²) in [5.74, 6) is -0.189. The van der Waals surface area contributed by atoms with E-state index in [0.717, 1.165) is 12.8 Å². The van der Waals surface area contributed by atoms with Gasteiger partial charge < -0.3 is 20.1 Å². The lowest BCUT2D eigenvalue weighted by molar-refractivity contribution is -0.133. The molecule has 1 amide bonds. The van der Waals surface area contributed by atoms with Crippen molar-refractivity contribution in [3.8, 4) is 0 Å². The van der Waals surface area contributed by atoms with Crippen molar-refractivity contribution >= 4 is 17.5 Å². The van der Waals surface area contributed by atoms with Crippen LogP contribution in [-0.2, 0) is 23.9 Å². The number of carbonyl (C=O) groups excluding carboxylic acids is 3. The fourth-order valence-corrected chi connectivity index (χ4v) is 4.40. The van der Waals surface area contributed by atoms with Gasteiger partial charge in [-0.3, -0.25) is 14.4 Å². The molecule has 2 N–H and O–H groups in total. The molecule has 4 atom stereocenters. The Morgan fingerprint density at radius 2 is 2.04 bits per heavy atom. The minimum Gasteiger partial charge on any atom is -0.378 e. The third-order valence-electron chi connectivity index (χ3n) is 6.07. The summed E-state index contributed by atoms with van der Waals surface area (Å²) in [6.45, 7) is 3.46. The topological polar surface area (TPSA) is 93.7 Å². The third-order valence-corrected chi connectivity index (χ3v) is 6.07. The summed E-state index contributed by atoms with van der Waals surface area (Å²) < 4.78 is 10.7. The molecular weight excluding hydrogens is 348 g/mol. The van der Waals surface area contributed by atoms with E-state index in [1.807, 2.05) is 0 Å². The highest BCUT2D eigenvalue weighted by Crippen LogP contribution is 2.31. The van der Waals surface area contributed by atoms with Gasteiger partial charge >= 0.3 is 0 Å². The summed E-state index contributed by atoms with van der Waals surface area (Å²) in [5.41, 5.74) is 0. The van der Waals surface area contributed by atoms with Crippen molar-refractivity contribution in [1.29, 1.82) is 0 Å². The van der Waals surface area contributed by atoms with Crippen molar-refractivity contribution in [3.63, 3.8) is 0 Å². The molecule has 152 valence electrons. The normalized spacial score (nSPS) is 30.9. The highest BCUT2D eigenvalue weighted by atomic mass is 16.5. The molecule has 1 aliphatic carbocycles. The lowest BCUT2D eigenvalue weighted by Gasteiger charge is -2.28. The summed E-state index contributed by atoms with van der Waals surface area (Å²) in [4.78, 5) is 37.6. The van der Waals surface area contributed by atoms with Crippen LogP contribution in [0.5, 0.6) is 0 Å². The van der Waals surface area contributed by atoms with Crippen molar-refractivity contribution in [3.05, 3.63) is 0 Å². The number of hydrogen-bond acceptors (Lipinski definition) is 6. The van der Waals surface area contributed by atoms with E-state index >= 15 is 0 Å². The highest BCUT2D eigenvalue weighted by molar-refractivity contribution is 5.94. The minimum absolute atomic E-state index is 0.0210. The Balaban J connectivity index is 1.63. The number of hydrogen-bond donors (Lipinski definition) is 2. The zero-order valence-electron chi connectivity index (χ0n) is 16.2. The van der Waals surface area contributed by atoms with E-state index in [4.69, 9.17) is 9.47 Å². The predicted molar refractivity (Wildman–Crippen MR) is 99.3 cm³/mol. The molecule has 0 spiro atoms. The Kier molecular flexibility index (Phi) is 7.38. The number of nitrogens with one attached hydrogen (secondary N) is 2. The van der Waals surface area contributed by atoms with Crippen molar-refractivity contribution < 1.29 is 23.9 Å². The molecule has 27 heavy (non-hydrogen) atoms. The van der Waals surface area contributed by atoms with Crippen molar-refractivity contribution in [2.45, 2.75) is 70.1 Å². The smallest absolute Gasteiger partial charge is 0.224 e. The van der Waals surface area contributed by atoms with E-state index < -0.39 is 12.0 Å². The van der Waals surface area contributed by atoms with Gasteiger partial charge in [0.25, 0.3) is 0 Å². The average Bonchev–Trinajstić information content (AvgIpc) is 3.01. The quantitative estimate of drug-likeness (QED) is 0.684. The first-order chi connectivity index (χ1) is 13.0. The number of Topliss-reactive ketones (excluding diaryl/α,β-unsaturated/α-hetero) is 2. The molecule has 1 saturated carbocycles. The molecule has 0 radical (unpaired) electrons. The molecule has 3 fully saturated rings. The van der Waals surface area contributed by atoms with Crippen molar-refractivity contribution in [2.75, 3.05) is 26.4 Å². The summed E-state index contributed by atoms with van der Waals surface area (Å²) in [7, 11) is 0. The standard InChI is InChI=1S/C20H32N2O5/c1-13-19(18(24)12-27-13)22-20(25)15(9-14-5-3-2-4-6-14)10-17(23)16-11-26-8-7-21-16/h13-16,19,21H,2-12H2,1H3,(H,22,25). The predicted octanol–water partition coefficient (Wildman–Crippen LogP) is 0.993. The molecule has 4 unspecified atom stereocenters. The van der Waals surface area contributed by atoms with Gasteiger partial charge in [0.2, 0.25) is 5.91 Å². The maximum Gasteiger partial charge on any atom is 0.224 e. The molecule has 0 aromatic heterocycles. The molecule has 3 aliphatic rings. The second kappa shape index (κ2) is 9.75. The fourth-order valence-electron chi connectivity index (χ4n) is 4.40. The zero-order chi connectivity index (χ0) is 19.2. The first-order valence-electron chi connectivity index (χ1n) is 10.3. The zero-order valence-corrected chi connectivity index (χ0v) is 16.2. The third kappa shape index (κ3) is 5.59. The molecule has 2 heterocycles. The molecule has 7 nitrogen and oxygen atoms in total. The number of carbonyl (C=O) groups is 3. The highest BCUT2D eigenvalue weighted by Gasteiger charge is 2.37. The number of ketones is 2. The van der Waals surface area contributed by atoms with Crippen molar-refractivity contribution in [1.82, 2.24) is 10.6 Å². The van der Waals surface area contributed by atoms with Crippen LogP contribution in [-0.4, -0.2) is 62.0 Å². The van der Waals surface area contributed by atoms with Crippen LogP contribution in [0.25, 0.3) is 0 Å². The van der Waals surface area contributed by atoms with Gasteiger partial charge in [-0.25, -0.2) is 0 Å². The summed E-state index contributed by atoms with van der Waals surface area (Å²) in [6, 6.07) is -0.937. The summed E-state index contributed by atoms with van der Waals surface area (Å²) in [6.07, 6.45) is 6.45. The molecule has 7 heteroatoms. The Morgan fingerprint density at radius 1 is 1.26 bits per heavy atom. The van der Waals surface area contributed by atoms with Crippen molar-refractivity contribution in [2.24, 2.45) is 11.8 Å². The number of ether oxygens (including phenoxy) is 2. The van der Waals surface area contributed by atoms with Gasteiger partial charge in [0.1, 0.15) is 12.6 Å². The van der Waals surface area contributed by atoms with Gasteiger partial charge in [0.05, 0.1) is 25.4 Å². The lowest BCUT2D eigenvalue weighted by atomic mass is 9.80. The molecule has 0 aromatic rings. The number of morpholine rings is 1. The van der Waals surface area contributed by atoms with Crippen LogP contribution in [0.1, 0.15) is 51.9 Å². The van der Waals surface area contributed by atoms with Crippen LogP contribution in [0, 0.1) is 11.8 Å². The van der Waals surface area contributed by atoms with E-state index in [2.05, 4.69) is 10.6 Å². The fraction of sp³-hybridized carbons (Fsp3) is 0.850. The molecule has 2 saturated heterocycles. The van der Waals surface area contributed by atoms with E-state index in [-0.39, 0.29) is 42.6 Å². The van der Waals surface area contributed by atoms with Gasteiger partial charge in [0, 0.05) is 18.9 Å². The van der Waals surface area contributed by atoms with Crippen LogP contribution in [0.15, 0.2) is 0 Å². The maximum absolute atomic E-state index is 13.0. The average molecular weight is 380 g/mol. The van der Waals surface area contributed by atoms with Gasteiger partial charge in [-0.15, -0.1) is 0 Å². The number of rotatable bonds is 7. The van der Waals surface area contributed by atoms with E-state index in [0.29, 0.717) is 32.1 Å². The monoisotopic (exact) mass is 380 g/mol. The second-order valence-corrected chi connectivity index (χ2v) is 8.16. The summed E-state index contributed by atoms with van der Waals surface area (Å²) >= 11 is 0. The molecular formula is C20H32N2O5. The van der Waals surface area contributed by atoms with Crippen LogP contribution < -0.4 is 10.6 Å². The molecule has 2 aliphatic heterocycles. The lowest BCUT2D eigenvalue weighted by Crippen LogP contribution is -2.49. The SMILES string of the molecule is CC1OCC(=O)C1NC(=O)C(CC(=O)C1COCCN1)CC1CCCCC1. The van der Waals surface area contributed by atoms with Gasteiger partial charge in [-0.05, 0) is 19.3 Å².